The van der Waals surface area contributed by atoms with E-state index in [0.717, 1.165) is 25.1 Å². The number of halogens is 1. The number of ether oxygens (including phenoxy) is 2. The van der Waals surface area contributed by atoms with Gasteiger partial charge in [0.05, 0.1) is 24.0 Å². The molecule has 2 heterocycles. The molecule has 2 aromatic rings. The topological polar surface area (TPSA) is 72.5 Å². The van der Waals surface area contributed by atoms with Gasteiger partial charge in [-0.1, -0.05) is 6.07 Å². The van der Waals surface area contributed by atoms with Crippen molar-refractivity contribution in [3.05, 3.63) is 54.1 Å². The second kappa shape index (κ2) is 8.43. The Morgan fingerprint density at radius 1 is 1.36 bits per heavy atom. The lowest BCUT2D eigenvalue weighted by Gasteiger charge is -2.15. The van der Waals surface area contributed by atoms with Crippen LogP contribution in [0.25, 0.3) is 0 Å². The number of hydrogen-bond donors (Lipinski definition) is 2. The number of urea groups is 1. The van der Waals surface area contributed by atoms with Crippen LogP contribution in [-0.4, -0.2) is 30.3 Å². The predicted molar refractivity (Wildman–Crippen MR) is 91.0 cm³/mol. The normalized spacial score (nSPS) is 16.4. The minimum Gasteiger partial charge on any atom is -0.489 e. The van der Waals surface area contributed by atoms with E-state index in [1.807, 2.05) is 6.07 Å². The highest BCUT2D eigenvalue weighted by Gasteiger charge is 2.17. The smallest absolute Gasteiger partial charge is 0.319 e. The maximum atomic E-state index is 13.5. The number of rotatable bonds is 6. The Morgan fingerprint density at radius 3 is 3.04 bits per heavy atom. The van der Waals surface area contributed by atoms with Crippen LogP contribution in [0.4, 0.5) is 14.9 Å². The molecule has 0 spiro atoms. The molecule has 1 aromatic carbocycles. The zero-order valence-electron chi connectivity index (χ0n) is 13.7. The monoisotopic (exact) mass is 345 g/mol. The van der Waals surface area contributed by atoms with Gasteiger partial charge in [0.1, 0.15) is 18.2 Å². The summed E-state index contributed by atoms with van der Waals surface area (Å²) in [6.07, 6.45) is 3.64. The standard InChI is InChI=1S/C18H20FN3O3/c19-13-6-7-17(25-12-15-5-3-9-24-15)16(10-13)22-18(23)21-11-14-4-1-2-8-20-14/h1-2,4,6-8,10,15H,3,5,9,11-12H2,(H2,21,22,23)/t15-/m1/s1. The van der Waals surface area contributed by atoms with E-state index in [1.54, 1.807) is 18.3 Å². The number of nitrogens with one attached hydrogen (secondary N) is 2. The molecule has 1 aliphatic rings. The summed E-state index contributed by atoms with van der Waals surface area (Å²) in [7, 11) is 0. The third-order valence-electron chi connectivity index (χ3n) is 3.79. The van der Waals surface area contributed by atoms with Crippen molar-refractivity contribution in [1.82, 2.24) is 10.3 Å². The number of benzene rings is 1. The van der Waals surface area contributed by atoms with Gasteiger partial charge in [-0.3, -0.25) is 4.98 Å². The van der Waals surface area contributed by atoms with Gasteiger partial charge in [0.15, 0.2) is 0 Å². The third kappa shape index (κ3) is 5.15. The summed E-state index contributed by atoms with van der Waals surface area (Å²) in [6.45, 7) is 1.38. The van der Waals surface area contributed by atoms with Crippen LogP contribution in [0.1, 0.15) is 18.5 Å². The van der Waals surface area contributed by atoms with Gasteiger partial charge < -0.3 is 20.1 Å². The van der Waals surface area contributed by atoms with E-state index < -0.39 is 11.8 Å². The molecule has 2 amide bonds. The van der Waals surface area contributed by atoms with Crippen LogP contribution >= 0.6 is 0 Å². The molecule has 0 saturated carbocycles. The maximum absolute atomic E-state index is 13.5. The summed E-state index contributed by atoms with van der Waals surface area (Å²) in [5.74, 6) is -0.0469. The highest BCUT2D eigenvalue weighted by atomic mass is 19.1. The van der Waals surface area contributed by atoms with E-state index in [9.17, 15) is 9.18 Å². The first-order valence-electron chi connectivity index (χ1n) is 8.19. The summed E-state index contributed by atoms with van der Waals surface area (Å²) in [5, 5.41) is 5.29. The Hall–Kier alpha value is -2.67. The van der Waals surface area contributed by atoms with Crippen molar-refractivity contribution in [2.45, 2.75) is 25.5 Å². The highest BCUT2D eigenvalue weighted by Crippen LogP contribution is 2.26. The third-order valence-corrected chi connectivity index (χ3v) is 3.79. The second-order valence-electron chi connectivity index (χ2n) is 5.72. The number of carbonyl (C=O) groups is 1. The summed E-state index contributed by atoms with van der Waals surface area (Å²) < 4.78 is 24.7. The van der Waals surface area contributed by atoms with Crippen molar-refractivity contribution in [1.29, 1.82) is 0 Å². The van der Waals surface area contributed by atoms with Crippen LogP contribution in [0.2, 0.25) is 0 Å². The molecule has 2 N–H and O–H groups in total. The van der Waals surface area contributed by atoms with Gasteiger partial charge in [-0.2, -0.15) is 0 Å². The average molecular weight is 345 g/mol. The molecule has 1 atom stereocenters. The van der Waals surface area contributed by atoms with Gasteiger partial charge >= 0.3 is 6.03 Å². The lowest BCUT2D eigenvalue weighted by atomic mass is 10.2. The molecule has 1 aromatic heterocycles. The number of aromatic nitrogens is 1. The van der Waals surface area contributed by atoms with Crippen LogP contribution in [0, 0.1) is 5.82 Å². The Bertz CT molecular complexity index is 706. The largest absolute Gasteiger partial charge is 0.489 e. The molecule has 6 nitrogen and oxygen atoms in total. The first-order chi connectivity index (χ1) is 12.2. The molecule has 1 aliphatic heterocycles. The van der Waals surface area contributed by atoms with Gasteiger partial charge in [-0.15, -0.1) is 0 Å². The van der Waals surface area contributed by atoms with Crippen molar-refractivity contribution >= 4 is 11.7 Å². The van der Waals surface area contributed by atoms with E-state index in [0.29, 0.717) is 12.4 Å². The van der Waals surface area contributed by atoms with Crippen LogP contribution in [0.3, 0.4) is 0 Å². The summed E-state index contributed by atoms with van der Waals surface area (Å²) in [6, 6.07) is 9.00. The Labute approximate surface area is 145 Å². The number of pyridine rings is 1. The van der Waals surface area contributed by atoms with Gasteiger partial charge in [0.2, 0.25) is 0 Å². The van der Waals surface area contributed by atoms with Gasteiger partial charge in [-0.25, -0.2) is 9.18 Å². The molecule has 0 unspecified atom stereocenters. The molecule has 1 fully saturated rings. The fourth-order valence-electron chi connectivity index (χ4n) is 2.52. The van der Waals surface area contributed by atoms with Gasteiger partial charge in [0, 0.05) is 18.9 Å². The number of anilines is 1. The molecule has 7 heteroatoms. The van der Waals surface area contributed by atoms with E-state index in [4.69, 9.17) is 9.47 Å². The molecule has 25 heavy (non-hydrogen) atoms. The maximum Gasteiger partial charge on any atom is 0.319 e. The summed E-state index contributed by atoms with van der Waals surface area (Å²) in [5.41, 5.74) is 1.00. The summed E-state index contributed by atoms with van der Waals surface area (Å²) in [4.78, 5) is 16.2. The first-order valence-corrected chi connectivity index (χ1v) is 8.19. The van der Waals surface area contributed by atoms with Gasteiger partial charge in [0.25, 0.3) is 0 Å². The fourth-order valence-corrected chi connectivity index (χ4v) is 2.52. The first kappa shape index (κ1) is 17.2. The number of nitrogens with zero attached hydrogens (tertiary/aromatic N) is 1. The highest BCUT2D eigenvalue weighted by molar-refractivity contribution is 5.90. The zero-order valence-corrected chi connectivity index (χ0v) is 13.7. The van der Waals surface area contributed by atoms with E-state index in [-0.39, 0.29) is 18.3 Å². The lowest BCUT2D eigenvalue weighted by molar-refractivity contribution is 0.0682. The number of carbonyl (C=O) groups excluding carboxylic acids is 1. The number of hydrogen-bond acceptors (Lipinski definition) is 4. The quantitative estimate of drug-likeness (QED) is 0.844. The minimum atomic E-state index is -0.460. The average Bonchev–Trinajstić information content (AvgIpc) is 3.14. The molecule has 1 saturated heterocycles. The van der Waals surface area contributed by atoms with Crippen molar-refractivity contribution in [2.24, 2.45) is 0 Å². The Kier molecular flexibility index (Phi) is 5.79. The van der Waals surface area contributed by atoms with Crippen molar-refractivity contribution < 1.29 is 18.7 Å². The number of amides is 2. The van der Waals surface area contributed by atoms with E-state index in [1.165, 1.54) is 18.2 Å². The molecule has 0 bridgehead atoms. The molecule has 0 radical (unpaired) electrons. The molecule has 0 aliphatic carbocycles. The molecule has 132 valence electrons. The fraction of sp³-hybridized carbons (Fsp3) is 0.333. The van der Waals surface area contributed by atoms with Crippen LogP contribution < -0.4 is 15.4 Å². The predicted octanol–water partition coefficient (Wildman–Crippen LogP) is 3.10. The van der Waals surface area contributed by atoms with E-state index >= 15 is 0 Å². The molecular weight excluding hydrogens is 325 g/mol. The van der Waals surface area contributed by atoms with Gasteiger partial charge in [-0.05, 0) is 37.1 Å². The molecular formula is C18H20FN3O3. The van der Waals surface area contributed by atoms with Crippen molar-refractivity contribution in [2.75, 3.05) is 18.5 Å². The zero-order chi connectivity index (χ0) is 17.5. The Morgan fingerprint density at radius 2 is 2.28 bits per heavy atom. The van der Waals surface area contributed by atoms with Crippen LogP contribution in [0.5, 0.6) is 5.75 Å². The van der Waals surface area contributed by atoms with Crippen LogP contribution in [-0.2, 0) is 11.3 Å². The minimum absolute atomic E-state index is 0.0379. The van der Waals surface area contributed by atoms with Crippen molar-refractivity contribution in [3.8, 4) is 5.75 Å². The van der Waals surface area contributed by atoms with Crippen LogP contribution in [0.15, 0.2) is 42.6 Å². The summed E-state index contributed by atoms with van der Waals surface area (Å²) >= 11 is 0. The second-order valence-corrected chi connectivity index (χ2v) is 5.72. The lowest BCUT2D eigenvalue weighted by Crippen LogP contribution is -2.29. The van der Waals surface area contributed by atoms with E-state index in [2.05, 4.69) is 15.6 Å². The molecule has 3 rings (SSSR count). The van der Waals surface area contributed by atoms with Crippen molar-refractivity contribution in [3.63, 3.8) is 0 Å². The SMILES string of the molecule is O=C(NCc1ccccn1)Nc1cc(F)ccc1OC[C@H]1CCCO1. The Balaban J connectivity index is 1.57.